The molecule has 3 rings (SSSR count). The second-order valence-corrected chi connectivity index (χ2v) is 6.61. The van der Waals surface area contributed by atoms with E-state index in [1.165, 1.54) is 0 Å². The first-order valence-electron chi connectivity index (χ1n) is 9.68. The van der Waals surface area contributed by atoms with Crippen molar-refractivity contribution in [3.05, 3.63) is 48.2 Å². The molecule has 0 atom stereocenters. The van der Waals surface area contributed by atoms with Crippen LogP contribution in [-0.4, -0.2) is 68.8 Å². The largest absolute Gasteiger partial charge is 0.497 e. The topological polar surface area (TPSA) is 66.9 Å². The molecule has 2 aromatic rings. The summed E-state index contributed by atoms with van der Waals surface area (Å²) >= 11 is 0. The minimum absolute atomic E-state index is 0.145. The van der Waals surface area contributed by atoms with Crippen molar-refractivity contribution in [2.45, 2.75) is 6.92 Å². The Morgan fingerprint density at radius 3 is 2.39 bits per heavy atom. The van der Waals surface area contributed by atoms with Gasteiger partial charge >= 0.3 is 0 Å². The fourth-order valence-corrected chi connectivity index (χ4v) is 3.11. The predicted octanol–water partition coefficient (Wildman–Crippen LogP) is 2.04. The standard InChI is InChI=1S/C21H28N4O3/c1-3-24-11-13-25(14-12-24)20-9-4-17(16-23-20)21(26)22-10-15-28-19-7-5-18(27-2)6-8-19/h4-9,16H,3,10-15H2,1-2H3,(H,22,26). The van der Waals surface area contributed by atoms with Crippen molar-refractivity contribution in [2.75, 3.05) is 57.9 Å². The molecule has 1 N–H and O–H groups in total. The molecule has 2 heterocycles. The van der Waals surface area contributed by atoms with Crippen molar-refractivity contribution in [1.29, 1.82) is 0 Å². The zero-order chi connectivity index (χ0) is 19.8. The zero-order valence-corrected chi connectivity index (χ0v) is 16.6. The maximum atomic E-state index is 12.3. The van der Waals surface area contributed by atoms with E-state index in [-0.39, 0.29) is 5.91 Å². The summed E-state index contributed by atoms with van der Waals surface area (Å²) in [4.78, 5) is 21.4. The van der Waals surface area contributed by atoms with E-state index < -0.39 is 0 Å². The number of aromatic nitrogens is 1. The molecule has 1 aliphatic heterocycles. The van der Waals surface area contributed by atoms with E-state index in [0.29, 0.717) is 18.7 Å². The van der Waals surface area contributed by atoms with E-state index in [4.69, 9.17) is 9.47 Å². The molecular formula is C21H28N4O3. The van der Waals surface area contributed by atoms with Crippen molar-refractivity contribution in [3.63, 3.8) is 0 Å². The lowest BCUT2D eigenvalue weighted by Gasteiger charge is -2.34. The van der Waals surface area contributed by atoms with Gasteiger partial charge in [0.15, 0.2) is 0 Å². The average Bonchev–Trinajstić information content (AvgIpc) is 2.77. The number of hydrogen-bond acceptors (Lipinski definition) is 6. The van der Waals surface area contributed by atoms with Crippen LogP contribution in [0.4, 0.5) is 5.82 Å². The summed E-state index contributed by atoms with van der Waals surface area (Å²) in [5.74, 6) is 2.30. The number of benzene rings is 1. The smallest absolute Gasteiger partial charge is 0.252 e. The number of piperazine rings is 1. The van der Waals surface area contributed by atoms with Gasteiger partial charge in [-0.15, -0.1) is 0 Å². The molecule has 150 valence electrons. The quantitative estimate of drug-likeness (QED) is 0.703. The number of hydrogen-bond donors (Lipinski definition) is 1. The van der Waals surface area contributed by atoms with Gasteiger partial charge in [-0.25, -0.2) is 4.98 Å². The van der Waals surface area contributed by atoms with Crippen LogP contribution >= 0.6 is 0 Å². The van der Waals surface area contributed by atoms with Crippen molar-refractivity contribution in [1.82, 2.24) is 15.2 Å². The highest BCUT2D eigenvalue weighted by atomic mass is 16.5. The van der Waals surface area contributed by atoms with Crippen molar-refractivity contribution in [2.24, 2.45) is 0 Å². The third-order valence-corrected chi connectivity index (χ3v) is 4.87. The third-order valence-electron chi connectivity index (χ3n) is 4.87. The first kappa shape index (κ1) is 19.9. The lowest BCUT2D eigenvalue weighted by molar-refractivity contribution is 0.0946. The lowest BCUT2D eigenvalue weighted by Crippen LogP contribution is -2.46. The van der Waals surface area contributed by atoms with Gasteiger partial charge in [0, 0.05) is 32.4 Å². The molecule has 7 nitrogen and oxygen atoms in total. The Hall–Kier alpha value is -2.80. The van der Waals surface area contributed by atoms with Crippen LogP contribution in [0, 0.1) is 0 Å². The third kappa shape index (κ3) is 5.36. The van der Waals surface area contributed by atoms with E-state index in [9.17, 15) is 4.79 Å². The summed E-state index contributed by atoms with van der Waals surface area (Å²) < 4.78 is 10.7. The minimum atomic E-state index is -0.145. The second-order valence-electron chi connectivity index (χ2n) is 6.61. The van der Waals surface area contributed by atoms with E-state index in [0.717, 1.165) is 50.0 Å². The number of nitrogens with zero attached hydrogens (tertiary/aromatic N) is 3. The fraction of sp³-hybridized carbons (Fsp3) is 0.429. The number of ether oxygens (including phenoxy) is 2. The second kappa shape index (κ2) is 9.94. The van der Waals surface area contributed by atoms with E-state index in [1.807, 2.05) is 36.4 Å². The Labute approximate surface area is 166 Å². The summed E-state index contributed by atoms with van der Waals surface area (Å²) in [6.45, 7) is 8.12. The molecule has 1 fully saturated rings. The molecule has 28 heavy (non-hydrogen) atoms. The highest BCUT2D eigenvalue weighted by Gasteiger charge is 2.17. The molecule has 0 bridgehead atoms. The Balaban J connectivity index is 1.41. The Morgan fingerprint density at radius 1 is 1.07 bits per heavy atom. The Kier molecular flexibility index (Phi) is 7.08. The van der Waals surface area contributed by atoms with Crippen LogP contribution in [0.25, 0.3) is 0 Å². The molecule has 0 aliphatic carbocycles. The number of methoxy groups -OCH3 is 1. The molecule has 0 radical (unpaired) electrons. The first-order chi connectivity index (χ1) is 13.7. The van der Waals surface area contributed by atoms with Gasteiger partial charge in [-0.05, 0) is 42.9 Å². The van der Waals surface area contributed by atoms with E-state index in [1.54, 1.807) is 13.3 Å². The lowest BCUT2D eigenvalue weighted by atomic mass is 10.2. The van der Waals surface area contributed by atoms with Gasteiger partial charge in [-0.2, -0.15) is 0 Å². The van der Waals surface area contributed by atoms with Crippen molar-refractivity contribution in [3.8, 4) is 11.5 Å². The highest BCUT2D eigenvalue weighted by Crippen LogP contribution is 2.17. The number of anilines is 1. The Morgan fingerprint density at radius 2 is 1.79 bits per heavy atom. The van der Waals surface area contributed by atoms with Crippen molar-refractivity contribution >= 4 is 11.7 Å². The van der Waals surface area contributed by atoms with Crippen LogP contribution in [0.3, 0.4) is 0 Å². The van der Waals surface area contributed by atoms with Crippen LogP contribution in [0.15, 0.2) is 42.6 Å². The molecule has 1 aromatic carbocycles. The number of pyridine rings is 1. The van der Waals surface area contributed by atoms with Gasteiger partial charge < -0.3 is 24.6 Å². The van der Waals surface area contributed by atoms with Gasteiger partial charge in [-0.3, -0.25) is 4.79 Å². The van der Waals surface area contributed by atoms with E-state index in [2.05, 4.69) is 27.0 Å². The molecule has 0 saturated carbocycles. The maximum Gasteiger partial charge on any atom is 0.252 e. The first-order valence-corrected chi connectivity index (χ1v) is 9.68. The van der Waals surface area contributed by atoms with Gasteiger partial charge in [-0.1, -0.05) is 6.92 Å². The van der Waals surface area contributed by atoms with Gasteiger partial charge in [0.1, 0.15) is 23.9 Å². The monoisotopic (exact) mass is 384 g/mol. The predicted molar refractivity (Wildman–Crippen MR) is 109 cm³/mol. The van der Waals surface area contributed by atoms with Crippen LogP contribution in [0.1, 0.15) is 17.3 Å². The number of nitrogens with one attached hydrogen (secondary N) is 1. The highest BCUT2D eigenvalue weighted by molar-refractivity contribution is 5.94. The molecule has 1 aromatic heterocycles. The van der Waals surface area contributed by atoms with Crippen LogP contribution in [0.5, 0.6) is 11.5 Å². The van der Waals surface area contributed by atoms with Crippen LogP contribution < -0.4 is 19.7 Å². The average molecular weight is 384 g/mol. The molecule has 1 aliphatic rings. The molecule has 0 spiro atoms. The number of amides is 1. The summed E-state index contributed by atoms with van der Waals surface area (Å²) in [5.41, 5.74) is 0.556. The van der Waals surface area contributed by atoms with Gasteiger partial charge in [0.05, 0.1) is 19.2 Å². The summed E-state index contributed by atoms with van der Waals surface area (Å²) in [5, 5.41) is 2.86. The van der Waals surface area contributed by atoms with Gasteiger partial charge in [0.2, 0.25) is 0 Å². The molecule has 7 heteroatoms. The minimum Gasteiger partial charge on any atom is -0.497 e. The SMILES string of the molecule is CCN1CCN(c2ccc(C(=O)NCCOc3ccc(OC)cc3)cn2)CC1. The summed E-state index contributed by atoms with van der Waals surface area (Å²) in [6, 6.07) is 11.1. The number of carbonyl (C=O) groups excluding carboxylic acids is 1. The molecule has 1 amide bonds. The number of carbonyl (C=O) groups is 1. The fourth-order valence-electron chi connectivity index (χ4n) is 3.11. The maximum absolute atomic E-state index is 12.3. The number of likely N-dealkylation sites (N-methyl/N-ethyl adjacent to an activating group) is 1. The molecule has 0 unspecified atom stereocenters. The van der Waals surface area contributed by atoms with Crippen LogP contribution in [0.2, 0.25) is 0 Å². The zero-order valence-electron chi connectivity index (χ0n) is 16.6. The number of rotatable bonds is 8. The molecular weight excluding hydrogens is 356 g/mol. The van der Waals surface area contributed by atoms with Gasteiger partial charge in [0.25, 0.3) is 5.91 Å². The summed E-state index contributed by atoms with van der Waals surface area (Å²) in [6.07, 6.45) is 1.64. The normalized spacial score (nSPS) is 14.6. The Bertz CT molecular complexity index is 741. The molecule has 1 saturated heterocycles. The van der Waals surface area contributed by atoms with Crippen LogP contribution in [-0.2, 0) is 0 Å². The van der Waals surface area contributed by atoms with Crippen molar-refractivity contribution < 1.29 is 14.3 Å². The summed E-state index contributed by atoms with van der Waals surface area (Å²) in [7, 11) is 1.62. The van der Waals surface area contributed by atoms with E-state index >= 15 is 0 Å².